The molecule has 0 radical (unpaired) electrons. The van der Waals surface area contributed by atoms with Crippen LogP contribution in [0.15, 0.2) is 24.3 Å². The van der Waals surface area contributed by atoms with E-state index in [1.54, 1.807) is 12.1 Å². The number of benzene rings is 1. The number of aromatic nitrogens is 2. The van der Waals surface area contributed by atoms with Crippen molar-refractivity contribution in [2.75, 3.05) is 47.8 Å². The van der Waals surface area contributed by atoms with Gasteiger partial charge >= 0.3 is 0 Å². The third-order valence-electron chi connectivity index (χ3n) is 5.66. The number of anilines is 3. The summed E-state index contributed by atoms with van der Waals surface area (Å²) in [5.74, 6) is 1.70. The monoisotopic (exact) mass is 447 g/mol. The molecule has 160 valence electrons. The molecule has 3 heterocycles. The molecule has 0 bridgehead atoms. The molecule has 1 aromatic carbocycles. The van der Waals surface area contributed by atoms with Crippen LogP contribution in [0.4, 0.5) is 17.5 Å². The summed E-state index contributed by atoms with van der Waals surface area (Å²) < 4.78 is 0. The number of rotatable bonds is 5. The Morgan fingerprint density at radius 1 is 1.10 bits per heavy atom. The molecule has 0 aliphatic carbocycles. The molecule has 9 heteroatoms. The molecule has 30 heavy (non-hydrogen) atoms. The van der Waals surface area contributed by atoms with Gasteiger partial charge in [-0.05, 0) is 51.1 Å². The summed E-state index contributed by atoms with van der Waals surface area (Å²) in [6.45, 7) is 8.72. The van der Waals surface area contributed by atoms with Gasteiger partial charge in [0.25, 0.3) is 0 Å². The fraction of sp³-hybridized carbons (Fsp3) is 0.476. The van der Waals surface area contributed by atoms with Gasteiger partial charge in [-0.25, -0.2) is 4.98 Å². The number of likely N-dealkylation sites (N-methyl/N-ethyl adjacent to an activating group) is 1. The van der Waals surface area contributed by atoms with Crippen LogP contribution in [-0.2, 0) is 0 Å². The van der Waals surface area contributed by atoms with Gasteiger partial charge < -0.3 is 15.1 Å². The first-order valence-electron chi connectivity index (χ1n) is 10.4. The zero-order valence-corrected chi connectivity index (χ0v) is 18.8. The Morgan fingerprint density at radius 3 is 2.67 bits per heavy atom. The van der Waals surface area contributed by atoms with Gasteiger partial charge in [-0.2, -0.15) is 4.98 Å². The lowest BCUT2D eigenvalue weighted by Gasteiger charge is -2.32. The molecule has 0 saturated carbocycles. The van der Waals surface area contributed by atoms with Crippen LogP contribution in [0.3, 0.4) is 0 Å². The number of nitrogens with zero attached hydrogens (tertiary/aromatic N) is 5. The average Bonchev–Trinajstić information content (AvgIpc) is 3.11. The van der Waals surface area contributed by atoms with E-state index < -0.39 is 0 Å². The highest BCUT2D eigenvalue weighted by Gasteiger charge is 2.30. The van der Waals surface area contributed by atoms with Gasteiger partial charge in [-0.15, -0.1) is 0 Å². The summed E-state index contributed by atoms with van der Waals surface area (Å²) in [6, 6.07) is 7.77. The van der Waals surface area contributed by atoms with E-state index in [9.17, 15) is 0 Å². The molecule has 2 aromatic rings. The van der Waals surface area contributed by atoms with Crippen LogP contribution in [0, 0.1) is 12.3 Å². The smallest absolute Gasteiger partial charge is 0.234 e. The third-order valence-corrected chi connectivity index (χ3v) is 6.40. The molecule has 1 atom stereocenters. The Labute approximate surface area is 187 Å². The molecule has 0 amide bonds. The molecule has 4 rings (SSSR count). The highest BCUT2D eigenvalue weighted by atomic mass is 35.5. The summed E-state index contributed by atoms with van der Waals surface area (Å²) >= 11 is 12.2. The van der Waals surface area contributed by atoms with Crippen molar-refractivity contribution in [3.63, 3.8) is 0 Å². The number of guanidine groups is 1. The van der Waals surface area contributed by atoms with Crippen molar-refractivity contribution in [1.29, 1.82) is 5.41 Å². The van der Waals surface area contributed by atoms with Crippen LogP contribution in [-0.4, -0.2) is 59.6 Å². The maximum atomic E-state index is 8.68. The molecule has 0 spiro atoms. The first-order valence-corrected chi connectivity index (χ1v) is 11.1. The number of halogens is 2. The van der Waals surface area contributed by atoms with Gasteiger partial charge in [-0.1, -0.05) is 30.1 Å². The molecule has 2 N–H and O–H groups in total. The molecule has 2 aliphatic heterocycles. The Hall–Kier alpha value is -2.09. The second kappa shape index (κ2) is 8.96. The Morgan fingerprint density at radius 2 is 1.90 bits per heavy atom. The molecule has 2 aliphatic rings. The fourth-order valence-corrected chi connectivity index (χ4v) is 4.37. The van der Waals surface area contributed by atoms with E-state index in [4.69, 9.17) is 33.6 Å². The minimum absolute atomic E-state index is 0.333. The summed E-state index contributed by atoms with van der Waals surface area (Å²) in [6.07, 6.45) is 2.33. The fourth-order valence-electron chi connectivity index (χ4n) is 4.07. The number of nitrogens with one attached hydrogen (secondary N) is 2. The summed E-state index contributed by atoms with van der Waals surface area (Å²) in [4.78, 5) is 15.5. The van der Waals surface area contributed by atoms with Crippen LogP contribution < -0.4 is 15.1 Å². The van der Waals surface area contributed by atoms with E-state index in [0.29, 0.717) is 41.1 Å². The van der Waals surface area contributed by atoms with Crippen molar-refractivity contribution in [2.24, 2.45) is 0 Å². The van der Waals surface area contributed by atoms with Gasteiger partial charge in [0, 0.05) is 43.1 Å². The molecule has 2 saturated heterocycles. The van der Waals surface area contributed by atoms with Crippen LogP contribution in [0.5, 0.6) is 0 Å². The average molecular weight is 448 g/mol. The molecule has 1 unspecified atom stereocenters. The largest absolute Gasteiger partial charge is 0.366 e. The van der Waals surface area contributed by atoms with Crippen molar-refractivity contribution >= 4 is 46.6 Å². The number of likely N-dealkylation sites (tertiary alicyclic amines) is 1. The van der Waals surface area contributed by atoms with Gasteiger partial charge in [-0.3, -0.25) is 10.3 Å². The van der Waals surface area contributed by atoms with Crippen LogP contribution in [0.2, 0.25) is 10.0 Å². The second-order valence-electron chi connectivity index (χ2n) is 7.80. The van der Waals surface area contributed by atoms with E-state index in [1.165, 1.54) is 6.42 Å². The Kier molecular flexibility index (Phi) is 6.32. The zero-order valence-electron chi connectivity index (χ0n) is 17.3. The molecule has 7 nitrogen and oxygen atoms in total. The molecule has 2 fully saturated rings. The normalized spacial score (nSPS) is 20.1. The number of aryl methyl sites for hydroxylation is 1. The van der Waals surface area contributed by atoms with Crippen molar-refractivity contribution < 1.29 is 0 Å². The lowest BCUT2D eigenvalue weighted by Crippen LogP contribution is -2.42. The van der Waals surface area contributed by atoms with Crippen LogP contribution >= 0.6 is 23.2 Å². The standard InChI is InChI=1S/C21H27Cl2N7/c1-3-28-8-4-5-15(13-28)26-19-11-14(2)25-21(27-19)30-10-9-29(20(30)24)16-6-7-17(22)18(23)12-16/h6-7,11-12,15,24H,3-5,8-10,13H2,1-2H3,(H,25,26,27). The van der Waals surface area contributed by atoms with Gasteiger partial charge in [0.15, 0.2) is 0 Å². The van der Waals surface area contributed by atoms with Gasteiger partial charge in [0.2, 0.25) is 11.9 Å². The van der Waals surface area contributed by atoms with Gasteiger partial charge in [0.1, 0.15) is 5.82 Å². The number of piperidine rings is 1. The van der Waals surface area contributed by atoms with Crippen LogP contribution in [0.1, 0.15) is 25.5 Å². The summed E-state index contributed by atoms with van der Waals surface area (Å²) in [7, 11) is 0. The molecular formula is C21H27Cl2N7. The van der Waals surface area contributed by atoms with E-state index in [-0.39, 0.29) is 0 Å². The first-order chi connectivity index (χ1) is 14.4. The summed E-state index contributed by atoms with van der Waals surface area (Å²) in [5, 5.41) is 13.2. The lowest BCUT2D eigenvalue weighted by atomic mass is 10.1. The Bertz CT molecular complexity index is 936. The predicted molar refractivity (Wildman–Crippen MR) is 124 cm³/mol. The van der Waals surface area contributed by atoms with E-state index in [2.05, 4.69) is 22.1 Å². The Balaban J connectivity index is 1.51. The van der Waals surface area contributed by atoms with E-state index in [1.807, 2.05) is 28.9 Å². The minimum atomic E-state index is 0.333. The minimum Gasteiger partial charge on any atom is -0.366 e. The first kappa shape index (κ1) is 21.2. The van der Waals surface area contributed by atoms with Crippen LogP contribution in [0.25, 0.3) is 0 Å². The highest BCUT2D eigenvalue weighted by Crippen LogP contribution is 2.30. The topological polar surface area (TPSA) is 71.4 Å². The molecule has 1 aromatic heterocycles. The lowest BCUT2D eigenvalue weighted by molar-refractivity contribution is 0.226. The maximum absolute atomic E-state index is 8.68. The zero-order chi connectivity index (χ0) is 21.3. The highest BCUT2D eigenvalue weighted by molar-refractivity contribution is 6.42. The van der Waals surface area contributed by atoms with E-state index in [0.717, 1.165) is 43.3 Å². The molecular weight excluding hydrogens is 421 g/mol. The van der Waals surface area contributed by atoms with Crippen molar-refractivity contribution in [2.45, 2.75) is 32.7 Å². The van der Waals surface area contributed by atoms with E-state index >= 15 is 0 Å². The second-order valence-corrected chi connectivity index (χ2v) is 8.61. The number of hydrogen-bond donors (Lipinski definition) is 2. The quantitative estimate of drug-likeness (QED) is 0.713. The SMILES string of the molecule is CCN1CCCC(Nc2cc(C)nc(N3CCN(c4ccc(Cl)c(Cl)c4)C3=N)n2)C1. The third kappa shape index (κ3) is 4.48. The maximum Gasteiger partial charge on any atom is 0.234 e. The van der Waals surface area contributed by atoms with Crippen molar-refractivity contribution in [3.05, 3.63) is 40.0 Å². The van der Waals surface area contributed by atoms with Gasteiger partial charge in [0.05, 0.1) is 10.0 Å². The van der Waals surface area contributed by atoms with Crippen molar-refractivity contribution in [3.8, 4) is 0 Å². The predicted octanol–water partition coefficient (Wildman–Crippen LogP) is 4.25. The van der Waals surface area contributed by atoms with Crippen molar-refractivity contribution in [1.82, 2.24) is 14.9 Å². The summed E-state index contributed by atoms with van der Waals surface area (Å²) in [5.41, 5.74) is 1.72. The number of hydrogen-bond acceptors (Lipinski definition) is 5.